The van der Waals surface area contributed by atoms with Crippen LogP contribution in [0, 0.1) is 30.6 Å². The molecule has 7 atom stereocenters. The van der Waals surface area contributed by atoms with E-state index in [-0.39, 0.29) is 77.5 Å². The number of ketones is 4. The number of hydrogen-bond acceptors (Lipinski definition) is 22. The summed E-state index contributed by atoms with van der Waals surface area (Å²) in [4.78, 5) is 151. The van der Waals surface area contributed by atoms with E-state index >= 15 is 0 Å². The average molecular weight is 1680 g/mol. The molecule has 8 bridgehead atoms. The van der Waals surface area contributed by atoms with E-state index in [4.69, 9.17) is 11.6 Å². The van der Waals surface area contributed by atoms with Gasteiger partial charge >= 0.3 is 36.5 Å². The molecule has 2 aliphatic carbocycles. The van der Waals surface area contributed by atoms with Gasteiger partial charge in [0.1, 0.15) is 46.6 Å². The van der Waals surface area contributed by atoms with Crippen molar-refractivity contribution in [1.82, 2.24) is 60.3 Å². The number of fused-ring (bicyclic) bond motifs is 17. The molecule has 4 saturated heterocycles. The van der Waals surface area contributed by atoms with Gasteiger partial charge in [0, 0.05) is 115 Å². The lowest BCUT2D eigenvalue weighted by atomic mass is 10.0. The summed E-state index contributed by atoms with van der Waals surface area (Å²) in [5, 5.41) is 25.7. The van der Waals surface area contributed by atoms with E-state index in [1.807, 2.05) is 30.0 Å². The maximum atomic E-state index is 13.4. The SMILES string of the molecule is C[C@@H](CC(=O)c1ccc2c(n1)N(C(=O)Nc1ccn[nH]1)[C@H]1CCN2C1)C(F)(F)F.C[C@@H](CC(=O)c1ccc2c(n1)N(C(=O)Nc1ccncn1)[C@H]1CCN2C1)C(F)(F)F.Cc1ccc2c(NC(=O)N3c4nc(C(=O)C[C@@H]5CC5(F)F)ccc4N4CC[C@H]3C4)n[nH]c2n1.O=C(CC1CC1)c1ccc2c(n1)N(C(=O)Nc1ccc(Cl)cn1)[C@H]1CCN2C1. The minimum Gasteiger partial charge on any atom is -0.366 e. The second-order valence-electron chi connectivity index (χ2n) is 31.3. The molecule has 9 aromatic heterocycles. The number of pyridine rings is 6. The van der Waals surface area contributed by atoms with Crippen LogP contribution in [0.5, 0.6) is 0 Å². The summed E-state index contributed by atoms with van der Waals surface area (Å²) >= 11 is 5.87. The molecule has 6 N–H and O–H groups in total. The number of halogens is 9. The molecule has 10 aliphatic rings. The first-order valence-corrected chi connectivity index (χ1v) is 39.5. The van der Waals surface area contributed by atoms with Crippen molar-refractivity contribution in [3.8, 4) is 0 Å². The highest BCUT2D eigenvalue weighted by molar-refractivity contribution is 6.30. The molecule has 32 nitrogen and oxygen atoms in total. The summed E-state index contributed by atoms with van der Waals surface area (Å²) in [6, 6.07) is 21.3. The lowest BCUT2D eigenvalue weighted by Crippen LogP contribution is -2.48. The van der Waals surface area contributed by atoms with Crippen LogP contribution >= 0.6 is 11.6 Å². The monoisotopic (exact) mass is 1680 g/mol. The Hall–Kier alpha value is -12.7. The molecule has 41 heteroatoms. The Labute approximate surface area is 683 Å². The first-order chi connectivity index (χ1) is 57.4. The number of hydrogen-bond donors (Lipinski definition) is 6. The van der Waals surface area contributed by atoms with Crippen molar-refractivity contribution in [2.24, 2.45) is 23.7 Å². The van der Waals surface area contributed by atoms with E-state index in [1.165, 1.54) is 52.9 Å². The summed E-state index contributed by atoms with van der Waals surface area (Å²) in [5.41, 5.74) is 4.75. The fraction of sp³-hybridized carbons (Fsp3) is 0.418. The van der Waals surface area contributed by atoms with E-state index in [2.05, 4.69) is 96.2 Å². The van der Waals surface area contributed by atoms with Crippen molar-refractivity contribution in [3.63, 3.8) is 0 Å². The fourth-order valence-electron chi connectivity index (χ4n) is 15.9. The van der Waals surface area contributed by atoms with Crippen LogP contribution in [0.25, 0.3) is 11.0 Å². The van der Waals surface area contributed by atoms with E-state index < -0.39 is 84.3 Å². The van der Waals surface area contributed by atoms with Crippen LogP contribution in [0.1, 0.15) is 132 Å². The topological polar surface area (TPSA) is 371 Å². The van der Waals surface area contributed by atoms with Gasteiger partial charge in [0.05, 0.1) is 75.4 Å². The van der Waals surface area contributed by atoms with Crippen LogP contribution in [-0.2, 0) is 0 Å². The standard InChI is InChI=1S/C22H21F2N7O2.C20H20ClN5O2.C19H19F3N6O2.C18H19F3N6O2/c1-11-2-3-14-18(25-11)28-29-19(14)27-21(33)31-13-6-7-30(10-13)16-5-4-15(26-20(16)31)17(32)8-12-9-22(12,23)24;21-13-3-6-18(22-10-13)24-20(28)26-14-7-8-25(11-14)16-5-4-15(23-19(16)26)17(27)9-12-1-2-12;1-11(19(20,21)22)8-15(29)13-2-3-14-17(25-13)28(12-5-7-27(14)9-12)18(30)26-16-4-6-23-10-24-16;1-10(18(19,20)21)8-14(28)12-2-3-13-16(23-12)27(11-5-7-26(13)9-11)17(29)24-15-4-6-22-25-15/h2-5,12-13H,6-10H2,1H3,(H2,25,27,28,29,33);3-6,10,12,14H,1-2,7-9,11H2,(H,22,24,28);2-4,6,10-12H,5,7-9H2,1H3,(H,23,24,26,30);2-4,6,10-11H,5,7-9H2,1H3,(H2,22,24,25,29)/t12-,13+;14-;11-,12-;10-,11-/m1000/s1. The van der Waals surface area contributed by atoms with Gasteiger partial charge in [-0.3, -0.25) is 70.2 Å². The molecule has 626 valence electrons. The summed E-state index contributed by atoms with van der Waals surface area (Å²) in [5.74, 6) is -5.58. The number of amides is 8. The summed E-state index contributed by atoms with van der Waals surface area (Å²) in [6.07, 6.45) is 0.791. The number of aromatic amines is 2. The van der Waals surface area contributed by atoms with Gasteiger partial charge in [-0.15, -0.1) is 0 Å². The van der Waals surface area contributed by atoms with Gasteiger partial charge in [0.2, 0.25) is 0 Å². The Bertz CT molecular complexity index is 5480. The minimum atomic E-state index is -4.46. The molecule has 120 heavy (non-hydrogen) atoms. The van der Waals surface area contributed by atoms with Crippen LogP contribution in [0.3, 0.4) is 0 Å². The van der Waals surface area contributed by atoms with Crippen LogP contribution in [0.4, 0.5) is 124 Å². The van der Waals surface area contributed by atoms with Crippen molar-refractivity contribution in [2.45, 2.75) is 134 Å². The molecule has 0 unspecified atom stereocenters. The van der Waals surface area contributed by atoms with Gasteiger partial charge in [-0.25, -0.2) is 67.8 Å². The third-order valence-corrected chi connectivity index (χ3v) is 23.0. The zero-order chi connectivity index (χ0) is 84.4. The van der Waals surface area contributed by atoms with Crippen molar-refractivity contribution >= 4 is 139 Å². The van der Waals surface area contributed by atoms with E-state index in [0.717, 1.165) is 95.7 Å². The maximum Gasteiger partial charge on any atom is 0.391 e. The van der Waals surface area contributed by atoms with E-state index in [1.54, 1.807) is 58.3 Å². The first kappa shape index (κ1) is 81.1. The molecule has 9 aromatic rings. The molecule has 8 aliphatic heterocycles. The normalized spacial score (nSPS) is 20.1. The molecule has 0 aromatic carbocycles. The van der Waals surface area contributed by atoms with Crippen LogP contribution in [0.15, 0.2) is 110 Å². The zero-order valence-electron chi connectivity index (χ0n) is 64.7. The minimum absolute atomic E-state index is 0.0288. The summed E-state index contributed by atoms with van der Waals surface area (Å²) in [7, 11) is 0. The number of aromatic nitrogens is 12. The van der Waals surface area contributed by atoms with Crippen molar-refractivity contribution in [2.75, 3.05) is 113 Å². The van der Waals surface area contributed by atoms with Crippen molar-refractivity contribution in [3.05, 3.63) is 143 Å². The number of carbonyl (C=O) groups is 8. The van der Waals surface area contributed by atoms with Crippen molar-refractivity contribution < 1.29 is 73.5 Å². The first-order valence-electron chi connectivity index (χ1n) is 39.1. The van der Waals surface area contributed by atoms with E-state index in [9.17, 15) is 73.5 Å². The predicted molar refractivity (Wildman–Crippen MR) is 426 cm³/mol. The number of rotatable bonds is 16. The highest BCUT2D eigenvalue weighted by Gasteiger charge is 2.57. The molecule has 8 amide bonds. The van der Waals surface area contributed by atoms with Crippen molar-refractivity contribution in [1.29, 1.82) is 0 Å². The molecule has 6 fully saturated rings. The van der Waals surface area contributed by atoms with Gasteiger partial charge in [-0.1, -0.05) is 25.4 Å². The van der Waals surface area contributed by atoms with Crippen LogP contribution in [0.2, 0.25) is 5.02 Å². The lowest BCUT2D eigenvalue weighted by Gasteiger charge is -2.35. The number of urea groups is 4. The number of anilines is 12. The Kier molecular flexibility index (Phi) is 22.0. The van der Waals surface area contributed by atoms with Crippen LogP contribution < -0.4 is 60.5 Å². The van der Waals surface area contributed by atoms with Gasteiger partial charge in [0.25, 0.3) is 5.92 Å². The Morgan fingerprint density at radius 1 is 0.500 bits per heavy atom. The number of H-pyrrole nitrogens is 2. The Morgan fingerprint density at radius 2 is 0.933 bits per heavy atom. The van der Waals surface area contributed by atoms with Gasteiger partial charge in [-0.2, -0.15) is 36.5 Å². The molecule has 0 spiro atoms. The quantitative estimate of drug-likeness (QED) is 0.0386. The number of nitrogens with zero attached hydrogens (tertiary/aromatic N) is 18. The second-order valence-corrected chi connectivity index (χ2v) is 31.7. The highest BCUT2D eigenvalue weighted by Crippen LogP contribution is 2.52. The maximum absolute atomic E-state index is 13.4. The molecule has 2 saturated carbocycles. The fourth-order valence-corrected chi connectivity index (χ4v) is 16.0. The molecule has 17 heterocycles. The largest absolute Gasteiger partial charge is 0.391 e. The average Bonchev–Trinajstić information content (AvgIpc) is 1.57. The second kappa shape index (κ2) is 32.6. The molecule has 0 radical (unpaired) electrons. The third kappa shape index (κ3) is 17.2. The molecular weight excluding hydrogens is 1600 g/mol. The van der Waals surface area contributed by atoms with Gasteiger partial charge < -0.3 is 19.6 Å². The Balaban J connectivity index is 0.000000119. The molecular formula is C79H79ClF8N24O8. The number of aryl methyl sites for hydroxylation is 1. The summed E-state index contributed by atoms with van der Waals surface area (Å²) < 4.78 is 103. The number of alkyl halides is 8. The third-order valence-electron chi connectivity index (χ3n) is 22.8. The van der Waals surface area contributed by atoms with Gasteiger partial charge in [-0.05, 0) is 130 Å². The Morgan fingerprint density at radius 3 is 1.33 bits per heavy atom. The van der Waals surface area contributed by atoms with Gasteiger partial charge in [0.15, 0.2) is 57.9 Å². The zero-order valence-corrected chi connectivity index (χ0v) is 65.4. The number of nitrogens with one attached hydrogen (secondary N) is 6. The van der Waals surface area contributed by atoms with Crippen LogP contribution in [-0.4, -0.2) is 202 Å². The smallest absolute Gasteiger partial charge is 0.366 e. The predicted octanol–water partition coefficient (Wildman–Crippen LogP) is 13.7. The summed E-state index contributed by atoms with van der Waals surface area (Å²) in [6.45, 7) is 9.54. The van der Waals surface area contributed by atoms with E-state index in [0.29, 0.717) is 106 Å². The lowest BCUT2D eigenvalue weighted by molar-refractivity contribution is -0.169. The number of Topliss-reactive ketones (excluding diaryl/α,β-unsaturated/α-hetero) is 4. The highest BCUT2D eigenvalue weighted by atomic mass is 35.5. The number of carbonyl (C=O) groups excluding carboxylic acids is 8. The molecule has 19 rings (SSSR count).